The summed E-state index contributed by atoms with van der Waals surface area (Å²) in [5.74, 6) is -0.0299. The van der Waals surface area contributed by atoms with Crippen LogP contribution in [0, 0.1) is 0 Å². The second-order valence-electron chi connectivity index (χ2n) is 16.5. The number of amides is 1. The van der Waals surface area contributed by atoms with Crippen molar-refractivity contribution in [3.8, 4) is 0 Å². The molecule has 0 heterocycles. The van der Waals surface area contributed by atoms with Crippen LogP contribution in [-0.2, 0) is 4.79 Å². The summed E-state index contributed by atoms with van der Waals surface area (Å²) in [6.45, 7) is 4.35. The van der Waals surface area contributed by atoms with E-state index in [4.69, 9.17) is 0 Å². The summed E-state index contributed by atoms with van der Waals surface area (Å²) in [7, 11) is 0. The van der Waals surface area contributed by atoms with Crippen LogP contribution in [-0.4, -0.2) is 34.9 Å². The Hall–Kier alpha value is -0.870. The first-order valence-electron chi connectivity index (χ1n) is 23.9. The minimum atomic E-state index is -0.653. The normalized spacial score (nSPS) is 12.9. The quantitative estimate of drug-likeness (QED) is 0.0431. The van der Waals surface area contributed by atoms with Crippen molar-refractivity contribution in [3.63, 3.8) is 0 Å². The number of aliphatic hydroxyl groups excluding tert-OH is 2. The maximum Gasteiger partial charge on any atom is 0.220 e. The molecule has 310 valence electrons. The fourth-order valence-corrected chi connectivity index (χ4v) is 7.59. The molecule has 4 nitrogen and oxygen atoms in total. The summed E-state index contributed by atoms with van der Waals surface area (Å²) >= 11 is 0. The first-order valence-corrected chi connectivity index (χ1v) is 23.9. The average molecular weight is 734 g/mol. The molecular formula is C48H95NO3. The van der Waals surface area contributed by atoms with E-state index in [1.807, 2.05) is 0 Å². The van der Waals surface area contributed by atoms with E-state index in [9.17, 15) is 15.0 Å². The number of rotatable bonds is 44. The Balaban J connectivity index is 3.37. The molecule has 0 aromatic rings. The number of nitrogens with one attached hydrogen (secondary N) is 1. The van der Waals surface area contributed by atoms with Gasteiger partial charge < -0.3 is 15.5 Å². The molecular weight excluding hydrogens is 639 g/mol. The molecule has 2 atom stereocenters. The van der Waals surface area contributed by atoms with Gasteiger partial charge in [-0.15, -0.1) is 0 Å². The van der Waals surface area contributed by atoms with Gasteiger partial charge >= 0.3 is 0 Å². The monoisotopic (exact) mass is 734 g/mol. The highest BCUT2D eigenvalue weighted by molar-refractivity contribution is 5.76. The summed E-state index contributed by atoms with van der Waals surface area (Å²) in [5.41, 5.74) is 0. The van der Waals surface area contributed by atoms with Gasteiger partial charge in [-0.2, -0.15) is 0 Å². The highest BCUT2D eigenvalue weighted by Gasteiger charge is 2.20. The first-order chi connectivity index (χ1) is 25.7. The summed E-state index contributed by atoms with van der Waals surface area (Å²) in [6, 6.07) is -0.530. The number of carbonyl (C=O) groups is 1. The van der Waals surface area contributed by atoms with Crippen LogP contribution >= 0.6 is 0 Å². The Morgan fingerprint density at radius 2 is 0.731 bits per heavy atom. The number of aliphatic hydroxyl groups is 2. The van der Waals surface area contributed by atoms with Gasteiger partial charge in [0.2, 0.25) is 5.91 Å². The van der Waals surface area contributed by atoms with Crippen LogP contribution in [0.15, 0.2) is 12.2 Å². The largest absolute Gasteiger partial charge is 0.394 e. The van der Waals surface area contributed by atoms with E-state index in [1.54, 1.807) is 0 Å². The van der Waals surface area contributed by atoms with Crippen molar-refractivity contribution in [1.29, 1.82) is 0 Å². The zero-order valence-corrected chi connectivity index (χ0v) is 35.6. The van der Waals surface area contributed by atoms with Crippen molar-refractivity contribution >= 4 is 5.91 Å². The van der Waals surface area contributed by atoms with Crippen LogP contribution in [0.4, 0.5) is 0 Å². The minimum Gasteiger partial charge on any atom is -0.394 e. The molecule has 0 saturated heterocycles. The van der Waals surface area contributed by atoms with Crippen LogP contribution in [0.2, 0.25) is 0 Å². The van der Waals surface area contributed by atoms with Crippen molar-refractivity contribution in [3.05, 3.63) is 12.2 Å². The summed E-state index contributed by atoms with van der Waals surface area (Å²) in [6.07, 6.45) is 56.1. The summed E-state index contributed by atoms with van der Waals surface area (Å²) in [4.78, 5) is 12.4. The lowest BCUT2D eigenvalue weighted by atomic mass is 10.0. The predicted molar refractivity (Wildman–Crippen MR) is 230 cm³/mol. The molecule has 4 heteroatoms. The van der Waals surface area contributed by atoms with Gasteiger partial charge in [0.05, 0.1) is 18.8 Å². The molecule has 2 unspecified atom stereocenters. The van der Waals surface area contributed by atoms with Gasteiger partial charge in [0.15, 0.2) is 0 Å². The predicted octanol–water partition coefficient (Wildman–Crippen LogP) is 15.0. The van der Waals surface area contributed by atoms with Crippen LogP contribution in [0.25, 0.3) is 0 Å². The second-order valence-corrected chi connectivity index (χ2v) is 16.5. The molecule has 3 N–H and O–H groups in total. The molecule has 0 aromatic heterocycles. The molecule has 0 fully saturated rings. The molecule has 1 amide bonds. The molecule has 0 saturated carbocycles. The number of unbranched alkanes of at least 4 members (excludes halogenated alkanes) is 35. The summed E-state index contributed by atoms with van der Waals surface area (Å²) in [5, 5.41) is 23.0. The molecule has 0 aliphatic heterocycles. The lowest BCUT2D eigenvalue weighted by Crippen LogP contribution is -2.45. The molecule has 0 bridgehead atoms. The number of allylic oxidation sites excluding steroid dienone is 2. The van der Waals surface area contributed by atoms with Crippen LogP contribution < -0.4 is 5.32 Å². The fourth-order valence-electron chi connectivity index (χ4n) is 7.59. The van der Waals surface area contributed by atoms with Crippen molar-refractivity contribution in [2.45, 2.75) is 283 Å². The Morgan fingerprint density at radius 3 is 1.06 bits per heavy atom. The molecule has 0 rings (SSSR count). The third-order valence-corrected chi connectivity index (χ3v) is 11.3. The average Bonchev–Trinajstić information content (AvgIpc) is 3.15. The number of carbonyl (C=O) groups excluding carboxylic acids is 1. The maximum atomic E-state index is 12.4. The van der Waals surface area contributed by atoms with E-state index in [0.717, 1.165) is 25.7 Å². The Labute approximate surface area is 327 Å². The van der Waals surface area contributed by atoms with Gasteiger partial charge in [-0.1, -0.05) is 238 Å². The minimum absolute atomic E-state index is 0.0299. The standard InChI is InChI=1S/C48H95NO3/c1-3-5-7-9-11-13-14-15-16-17-18-19-20-21-22-23-24-25-26-27-28-29-30-31-32-33-34-36-38-40-42-44-48(52)49-46(45-50)47(51)43-41-39-37-35-12-10-8-6-4-2/h21-22,46-47,50-51H,3-20,23-45H2,1-2H3,(H,49,52)/b22-21-. The zero-order valence-electron chi connectivity index (χ0n) is 35.6. The Morgan fingerprint density at radius 1 is 0.442 bits per heavy atom. The van der Waals surface area contributed by atoms with E-state index in [0.29, 0.717) is 12.8 Å². The van der Waals surface area contributed by atoms with Gasteiger partial charge in [-0.25, -0.2) is 0 Å². The topological polar surface area (TPSA) is 69.6 Å². The molecule has 0 aliphatic rings. The number of hydrogen-bond acceptors (Lipinski definition) is 3. The van der Waals surface area contributed by atoms with E-state index >= 15 is 0 Å². The van der Waals surface area contributed by atoms with E-state index in [2.05, 4.69) is 31.3 Å². The van der Waals surface area contributed by atoms with Crippen molar-refractivity contribution < 1.29 is 15.0 Å². The van der Waals surface area contributed by atoms with Gasteiger partial charge in [0.25, 0.3) is 0 Å². The van der Waals surface area contributed by atoms with Crippen LogP contribution in [0.1, 0.15) is 271 Å². The third-order valence-electron chi connectivity index (χ3n) is 11.3. The van der Waals surface area contributed by atoms with Crippen molar-refractivity contribution in [2.75, 3.05) is 6.61 Å². The van der Waals surface area contributed by atoms with Crippen molar-refractivity contribution in [1.82, 2.24) is 5.32 Å². The Bertz CT molecular complexity index is 710. The van der Waals surface area contributed by atoms with E-state index in [-0.39, 0.29) is 12.5 Å². The first kappa shape index (κ1) is 51.1. The fraction of sp³-hybridized carbons (Fsp3) is 0.938. The van der Waals surface area contributed by atoms with Gasteiger partial charge in [-0.3, -0.25) is 4.79 Å². The lowest BCUT2D eigenvalue weighted by Gasteiger charge is -2.22. The van der Waals surface area contributed by atoms with Crippen LogP contribution in [0.3, 0.4) is 0 Å². The third kappa shape index (κ3) is 40.3. The number of hydrogen-bond donors (Lipinski definition) is 3. The Kier molecular flexibility index (Phi) is 43.8. The zero-order chi connectivity index (χ0) is 37.8. The van der Waals surface area contributed by atoms with Gasteiger partial charge in [0.1, 0.15) is 0 Å². The van der Waals surface area contributed by atoms with E-state index in [1.165, 1.54) is 218 Å². The smallest absolute Gasteiger partial charge is 0.220 e. The maximum absolute atomic E-state index is 12.4. The molecule has 0 aliphatic carbocycles. The molecule has 0 aromatic carbocycles. The molecule has 0 spiro atoms. The molecule has 0 radical (unpaired) electrons. The molecule has 52 heavy (non-hydrogen) atoms. The van der Waals surface area contributed by atoms with Gasteiger partial charge in [0, 0.05) is 6.42 Å². The van der Waals surface area contributed by atoms with E-state index < -0.39 is 12.1 Å². The highest BCUT2D eigenvalue weighted by Crippen LogP contribution is 2.16. The second kappa shape index (κ2) is 44.5. The van der Waals surface area contributed by atoms with Crippen LogP contribution in [0.5, 0.6) is 0 Å². The summed E-state index contributed by atoms with van der Waals surface area (Å²) < 4.78 is 0. The van der Waals surface area contributed by atoms with Crippen molar-refractivity contribution in [2.24, 2.45) is 0 Å². The SMILES string of the molecule is CCCCCCCCCCCCCC/C=C\CCCCCCCCCCCCCCCCCC(=O)NC(CO)C(O)CCCCCCCCCCC. The highest BCUT2D eigenvalue weighted by atomic mass is 16.3. The lowest BCUT2D eigenvalue weighted by molar-refractivity contribution is -0.123. The van der Waals surface area contributed by atoms with Gasteiger partial charge in [-0.05, 0) is 38.5 Å².